The monoisotopic (exact) mass is 258 g/mol. The molecule has 0 aromatic heterocycles. The van der Waals surface area contributed by atoms with Crippen molar-refractivity contribution < 1.29 is 14.7 Å². The largest absolute Gasteiger partial charge is 0.481 e. The number of rotatable bonds is 9. The van der Waals surface area contributed by atoms with Crippen LogP contribution in [0.25, 0.3) is 0 Å². The van der Waals surface area contributed by atoms with Gasteiger partial charge in [0, 0.05) is 13.0 Å². The van der Waals surface area contributed by atoms with Gasteiger partial charge in [-0.15, -0.1) is 0 Å². The topological polar surface area (TPSA) is 92.4 Å². The minimum atomic E-state index is -0.765. The Hall–Kier alpha value is -1.10. The molecule has 5 nitrogen and oxygen atoms in total. The smallest absolute Gasteiger partial charge is 0.303 e. The molecule has 0 aliphatic carbocycles. The molecule has 0 aromatic carbocycles. The first-order valence-electron chi connectivity index (χ1n) is 6.63. The molecule has 4 N–H and O–H groups in total. The van der Waals surface area contributed by atoms with Gasteiger partial charge < -0.3 is 16.2 Å². The van der Waals surface area contributed by atoms with Crippen LogP contribution in [0.15, 0.2) is 0 Å². The number of carboxylic acid groups (broad SMARTS) is 1. The number of hydrogen-bond acceptors (Lipinski definition) is 3. The minimum absolute atomic E-state index is 0.124. The quantitative estimate of drug-likeness (QED) is 0.582. The Labute approximate surface area is 109 Å². The van der Waals surface area contributed by atoms with Crippen LogP contribution < -0.4 is 11.1 Å². The summed E-state index contributed by atoms with van der Waals surface area (Å²) in [6, 6.07) is -0.468. The second-order valence-electron chi connectivity index (χ2n) is 5.06. The summed E-state index contributed by atoms with van der Waals surface area (Å²) in [5.41, 5.74) is 5.72. The van der Waals surface area contributed by atoms with Crippen LogP contribution in [-0.4, -0.2) is 29.6 Å². The highest BCUT2D eigenvalue weighted by atomic mass is 16.4. The summed E-state index contributed by atoms with van der Waals surface area (Å²) in [5.74, 6) is -0.423. The van der Waals surface area contributed by atoms with E-state index in [0.717, 1.165) is 12.8 Å². The maximum absolute atomic E-state index is 11.6. The number of carboxylic acids is 1. The van der Waals surface area contributed by atoms with Gasteiger partial charge in [-0.3, -0.25) is 9.59 Å². The van der Waals surface area contributed by atoms with E-state index in [1.54, 1.807) is 0 Å². The first kappa shape index (κ1) is 16.9. The van der Waals surface area contributed by atoms with Crippen molar-refractivity contribution in [2.24, 2.45) is 17.6 Å². The van der Waals surface area contributed by atoms with Crippen LogP contribution in [0.1, 0.15) is 46.5 Å². The summed E-state index contributed by atoms with van der Waals surface area (Å²) in [6.07, 6.45) is 2.59. The van der Waals surface area contributed by atoms with E-state index in [0.29, 0.717) is 18.9 Å². The fourth-order valence-corrected chi connectivity index (χ4v) is 1.70. The third kappa shape index (κ3) is 7.27. The van der Waals surface area contributed by atoms with Crippen molar-refractivity contribution >= 4 is 11.9 Å². The van der Waals surface area contributed by atoms with E-state index in [9.17, 15) is 9.59 Å². The molecule has 0 spiro atoms. The van der Waals surface area contributed by atoms with Crippen molar-refractivity contribution in [1.82, 2.24) is 5.32 Å². The lowest BCUT2D eigenvalue weighted by atomic mass is 9.96. The van der Waals surface area contributed by atoms with Crippen molar-refractivity contribution in [3.63, 3.8) is 0 Å². The molecule has 0 heterocycles. The van der Waals surface area contributed by atoms with Gasteiger partial charge in [0.05, 0.1) is 6.04 Å². The molecule has 1 amide bonds. The first-order chi connectivity index (χ1) is 8.38. The predicted octanol–water partition coefficient (Wildman–Crippen LogP) is 1.37. The Kier molecular flexibility index (Phi) is 8.37. The molecule has 5 heteroatoms. The van der Waals surface area contributed by atoms with Gasteiger partial charge in [0.2, 0.25) is 5.91 Å². The van der Waals surface area contributed by atoms with E-state index >= 15 is 0 Å². The number of carbonyl (C=O) groups excluding carboxylic acids is 1. The average Bonchev–Trinajstić information content (AvgIpc) is 2.31. The highest BCUT2D eigenvalue weighted by Crippen LogP contribution is 2.14. The van der Waals surface area contributed by atoms with Crippen LogP contribution in [0, 0.1) is 11.8 Å². The second-order valence-corrected chi connectivity index (χ2v) is 5.06. The van der Waals surface area contributed by atoms with Crippen molar-refractivity contribution in [2.75, 3.05) is 6.54 Å². The van der Waals surface area contributed by atoms with Crippen molar-refractivity contribution in [3.8, 4) is 0 Å². The standard InChI is InChI=1S/C13H26N2O3/c1-4-10(5-6-11(16)17)7-8-15-13(18)12(14)9(2)3/h9-10,12H,4-8,14H2,1-3H3,(H,15,18)(H,16,17)/t10?,12-/m0/s1. The molecule has 0 rings (SSSR count). The molecule has 18 heavy (non-hydrogen) atoms. The van der Waals surface area contributed by atoms with Crippen LogP contribution in [0.4, 0.5) is 0 Å². The second kappa shape index (κ2) is 8.91. The van der Waals surface area contributed by atoms with E-state index in [4.69, 9.17) is 10.8 Å². The third-order valence-electron chi connectivity index (χ3n) is 3.22. The van der Waals surface area contributed by atoms with Crippen molar-refractivity contribution in [1.29, 1.82) is 0 Å². The molecular weight excluding hydrogens is 232 g/mol. The molecule has 0 aromatic rings. The van der Waals surface area contributed by atoms with Gasteiger partial charge >= 0.3 is 5.97 Å². The number of hydrogen-bond donors (Lipinski definition) is 3. The van der Waals surface area contributed by atoms with Crippen LogP contribution in [0.3, 0.4) is 0 Å². The van der Waals surface area contributed by atoms with E-state index in [1.807, 2.05) is 20.8 Å². The average molecular weight is 258 g/mol. The van der Waals surface area contributed by atoms with Gasteiger partial charge in [0.15, 0.2) is 0 Å². The molecule has 0 aliphatic rings. The zero-order chi connectivity index (χ0) is 14.1. The summed E-state index contributed by atoms with van der Waals surface area (Å²) in [5, 5.41) is 11.4. The SMILES string of the molecule is CCC(CCNC(=O)[C@@H](N)C(C)C)CCC(=O)O. The number of nitrogens with two attached hydrogens (primary N) is 1. The van der Waals surface area contributed by atoms with Crippen LogP contribution in [0.2, 0.25) is 0 Å². The summed E-state index contributed by atoms with van der Waals surface area (Å²) in [4.78, 5) is 22.1. The van der Waals surface area contributed by atoms with Gasteiger partial charge in [-0.1, -0.05) is 27.2 Å². The van der Waals surface area contributed by atoms with Crippen LogP contribution in [0.5, 0.6) is 0 Å². The van der Waals surface area contributed by atoms with Crippen molar-refractivity contribution in [3.05, 3.63) is 0 Å². The molecule has 2 atom stereocenters. The summed E-state index contributed by atoms with van der Waals surface area (Å²) >= 11 is 0. The molecule has 0 saturated carbocycles. The number of carbonyl (C=O) groups is 2. The van der Waals surface area contributed by atoms with Gasteiger partial charge in [0.1, 0.15) is 0 Å². The molecule has 0 bridgehead atoms. The van der Waals surface area contributed by atoms with E-state index in [1.165, 1.54) is 0 Å². The first-order valence-corrected chi connectivity index (χ1v) is 6.63. The zero-order valence-electron chi connectivity index (χ0n) is 11.6. The lowest BCUT2D eigenvalue weighted by Gasteiger charge is -2.17. The fourth-order valence-electron chi connectivity index (χ4n) is 1.70. The lowest BCUT2D eigenvalue weighted by Crippen LogP contribution is -2.44. The van der Waals surface area contributed by atoms with E-state index < -0.39 is 12.0 Å². The molecule has 0 fully saturated rings. The van der Waals surface area contributed by atoms with E-state index in [2.05, 4.69) is 5.32 Å². The molecule has 1 unspecified atom stereocenters. The maximum Gasteiger partial charge on any atom is 0.303 e. The number of amides is 1. The Morgan fingerprint density at radius 1 is 1.28 bits per heavy atom. The minimum Gasteiger partial charge on any atom is -0.481 e. The third-order valence-corrected chi connectivity index (χ3v) is 3.22. The Balaban J connectivity index is 3.86. The Bertz CT molecular complexity index is 267. The summed E-state index contributed by atoms with van der Waals surface area (Å²) < 4.78 is 0. The Morgan fingerprint density at radius 3 is 2.33 bits per heavy atom. The summed E-state index contributed by atoms with van der Waals surface area (Å²) in [7, 11) is 0. The number of nitrogens with one attached hydrogen (secondary N) is 1. The van der Waals surface area contributed by atoms with Crippen molar-refractivity contribution in [2.45, 2.75) is 52.5 Å². The lowest BCUT2D eigenvalue weighted by molar-refractivity contribution is -0.137. The molecule has 0 radical (unpaired) electrons. The molecule has 0 saturated heterocycles. The fraction of sp³-hybridized carbons (Fsp3) is 0.846. The van der Waals surface area contributed by atoms with Gasteiger partial charge in [-0.25, -0.2) is 0 Å². The highest BCUT2D eigenvalue weighted by Gasteiger charge is 2.17. The van der Waals surface area contributed by atoms with Crippen LogP contribution >= 0.6 is 0 Å². The Morgan fingerprint density at radius 2 is 1.89 bits per heavy atom. The maximum atomic E-state index is 11.6. The highest BCUT2D eigenvalue weighted by molar-refractivity contribution is 5.81. The van der Waals surface area contributed by atoms with Gasteiger partial charge in [0.25, 0.3) is 0 Å². The zero-order valence-corrected chi connectivity index (χ0v) is 11.6. The van der Waals surface area contributed by atoms with Gasteiger partial charge in [-0.2, -0.15) is 0 Å². The number of aliphatic carboxylic acids is 1. The summed E-state index contributed by atoms with van der Waals surface area (Å²) in [6.45, 7) is 6.42. The van der Waals surface area contributed by atoms with Crippen LogP contribution in [-0.2, 0) is 9.59 Å². The van der Waals surface area contributed by atoms with Gasteiger partial charge in [-0.05, 0) is 24.7 Å². The predicted molar refractivity (Wildman–Crippen MR) is 71.1 cm³/mol. The molecule has 106 valence electrons. The normalized spacial score (nSPS) is 14.3. The molecular formula is C13H26N2O3. The molecule has 0 aliphatic heterocycles. The van der Waals surface area contributed by atoms with E-state index in [-0.39, 0.29) is 18.2 Å².